The van der Waals surface area contributed by atoms with E-state index in [0.29, 0.717) is 26.2 Å². The Morgan fingerprint density at radius 3 is 2.36 bits per heavy atom. The van der Waals surface area contributed by atoms with Crippen molar-refractivity contribution in [2.75, 3.05) is 98.8 Å². The Labute approximate surface area is 260 Å². The number of nitrogens with two attached hydrogens (primary N) is 1. The third kappa shape index (κ3) is 10.5. The number of likely N-dealkylation sites (tertiary alicyclic amines) is 1. The van der Waals surface area contributed by atoms with Gasteiger partial charge in [-0.1, -0.05) is 0 Å². The molecular weight excluding hydrogens is 592 g/mol. The second kappa shape index (κ2) is 16.1. The molecule has 3 amide bonds. The summed E-state index contributed by atoms with van der Waals surface area (Å²) in [6, 6.07) is -1.36. The maximum Gasteiger partial charge on any atom is 0.280 e. The number of carbonyl (C=O) groups excluding carboxylic acids is 3. The zero-order valence-electron chi connectivity index (χ0n) is 25.8. The Hall–Kier alpha value is -2.57. The fraction of sp³-hybridized carbons (Fsp3) is 0.852. The lowest BCUT2D eigenvalue weighted by Gasteiger charge is -2.33. The molecular formula is C27H50N10O6S. The summed E-state index contributed by atoms with van der Waals surface area (Å²) in [5.41, 5.74) is 5.64. The summed E-state index contributed by atoms with van der Waals surface area (Å²) in [5.74, 6) is -0.946. The van der Waals surface area contributed by atoms with Gasteiger partial charge in [0.15, 0.2) is 5.96 Å². The van der Waals surface area contributed by atoms with E-state index in [-0.39, 0.29) is 69.6 Å². The number of ether oxygens (including phenoxy) is 1. The lowest BCUT2D eigenvalue weighted by molar-refractivity contribution is -0.136. The average molecular weight is 643 g/mol. The molecule has 250 valence electrons. The molecule has 0 aromatic heterocycles. The summed E-state index contributed by atoms with van der Waals surface area (Å²) < 4.78 is 35.5. The molecule has 0 aromatic carbocycles. The van der Waals surface area contributed by atoms with Crippen LogP contribution in [0, 0.1) is 11.3 Å². The fourth-order valence-electron chi connectivity index (χ4n) is 5.83. The van der Waals surface area contributed by atoms with Gasteiger partial charge in [-0.25, -0.2) is 0 Å². The lowest BCUT2D eigenvalue weighted by Crippen LogP contribution is -2.56. The largest absolute Gasteiger partial charge is 0.379 e. The molecule has 4 aliphatic rings. The number of morpholine rings is 1. The van der Waals surface area contributed by atoms with E-state index in [0.717, 1.165) is 51.9 Å². The molecule has 0 aromatic rings. The highest BCUT2D eigenvalue weighted by Gasteiger charge is 2.39. The molecule has 16 nitrogen and oxygen atoms in total. The molecule has 17 heteroatoms. The summed E-state index contributed by atoms with van der Waals surface area (Å²) in [7, 11) is -2.01. The molecule has 3 heterocycles. The number of nitrogens with zero attached hydrogens (tertiary/aromatic N) is 5. The van der Waals surface area contributed by atoms with Crippen molar-refractivity contribution in [1.82, 2.24) is 39.3 Å². The maximum atomic E-state index is 13.9. The number of hydrogen-bond acceptors (Lipinski definition) is 9. The molecule has 3 saturated heterocycles. The summed E-state index contributed by atoms with van der Waals surface area (Å²) >= 11 is 0. The van der Waals surface area contributed by atoms with E-state index in [4.69, 9.17) is 15.9 Å². The molecule has 1 saturated carbocycles. The van der Waals surface area contributed by atoms with Gasteiger partial charge in [0.2, 0.25) is 17.7 Å². The standard InChI is InChI=1S/C27H50N10O6S/c1-33-9-11-34(12-10-33)20-25(39)30-6-8-37(22-4-5-22)26(40)23(32-44(41,42)36-13-15-43-16-14-36)17-24(38)31-18-21-3-2-7-35(19-21)27(28)29/h21-23,32H,2-20H2,1H3,(H3,28,29)(H,30,39)(H,31,38)/t21-,23-/m0/s1. The zero-order valence-corrected chi connectivity index (χ0v) is 26.7. The number of amides is 3. The second-order valence-corrected chi connectivity index (χ2v) is 13.9. The minimum atomic E-state index is -4.07. The molecule has 6 N–H and O–H groups in total. The molecule has 0 unspecified atom stereocenters. The first-order chi connectivity index (χ1) is 21.0. The number of likely N-dealkylation sites (N-methyl/N-ethyl adjacent to an activating group) is 1. The highest BCUT2D eigenvalue weighted by atomic mass is 32.2. The fourth-order valence-corrected chi connectivity index (χ4v) is 7.15. The summed E-state index contributed by atoms with van der Waals surface area (Å²) in [5, 5.41) is 13.5. The van der Waals surface area contributed by atoms with Crippen molar-refractivity contribution in [3.63, 3.8) is 0 Å². The molecule has 44 heavy (non-hydrogen) atoms. The van der Waals surface area contributed by atoms with Gasteiger partial charge in [-0.2, -0.15) is 17.4 Å². The van der Waals surface area contributed by atoms with E-state index >= 15 is 0 Å². The second-order valence-electron chi connectivity index (χ2n) is 12.2. The topological polar surface area (TPSA) is 197 Å². The van der Waals surface area contributed by atoms with Gasteiger partial charge in [0.05, 0.1) is 26.2 Å². The van der Waals surface area contributed by atoms with Gasteiger partial charge in [0.25, 0.3) is 10.2 Å². The van der Waals surface area contributed by atoms with Crippen LogP contribution < -0.4 is 21.1 Å². The van der Waals surface area contributed by atoms with Crippen molar-refractivity contribution in [1.29, 1.82) is 5.41 Å². The number of nitrogens with one attached hydrogen (secondary N) is 4. The SMILES string of the molecule is CN1CCN(CC(=O)NCCN(C(=O)[C@H](CC(=O)NC[C@@H]2CCCN(C(=N)N)C2)NS(=O)(=O)N2CCOCC2)C2CC2)CC1. The molecule has 0 bridgehead atoms. The first kappa shape index (κ1) is 34.3. The van der Waals surface area contributed by atoms with Crippen LogP contribution in [0.3, 0.4) is 0 Å². The Bertz CT molecular complexity index is 1110. The number of guanidine groups is 1. The van der Waals surface area contributed by atoms with Gasteiger partial charge in [-0.3, -0.25) is 24.7 Å². The van der Waals surface area contributed by atoms with Crippen LogP contribution in [0.25, 0.3) is 0 Å². The van der Waals surface area contributed by atoms with Gasteiger partial charge >= 0.3 is 0 Å². The maximum absolute atomic E-state index is 13.9. The van der Waals surface area contributed by atoms with Crippen molar-refractivity contribution in [3.05, 3.63) is 0 Å². The number of piperazine rings is 1. The van der Waals surface area contributed by atoms with E-state index < -0.39 is 28.1 Å². The number of carbonyl (C=O) groups is 3. The summed E-state index contributed by atoms with van der Waals surface area (Å²) in [6.45, 7) is 6.60. The van der Waals surface area contributed by atoms with Crippen LogP contribution in [0.2, 0.25) is 0 Å². The number of hydrogen-bond donors (Lipinski definition) is 5. The third-order valence-electron chi connectivity index (χ3n) is 8.65. The number of piperidine rings is 1. The smallest absolute Gasteiger partial charge is 0.280 e. The quantitative estimate of drug-likeness (QED) is 0.0961. The minimum absolute atomic E-state index is 0.0000996. The molecule has 0 spiro atoms. The van der Waals surface area contributed by atoms with Crippen LogP contribution in [-0.4, -0.2) is 167 Å². The molecule has 4 fully saturated rings. The number of rotatable bonds is 14. The monoisotopic (exact) mass is 642 g/mol. The Morgan fingerprint density at radius 1 is 1.00 bits per heavy atom. The Kier molecular flexibility index (Phi) is 12.6. The van der Waals surface area contributed by atoms with E-state index in [1.807, 2.05) is 0 Å². The van der Waals surface area contributed by atoms with Gasteiger partial charge in [-0.05, 0) is 38.6 Å². The molecule has 1 aliphatic carbocycles. The van der Waals surface area contributed by atoms with Crippen LogP contribution >= 0.6 is 0 Å². The van der Waals surface area contributed by atoms with Gasteiger partial charge in [0, 0.05) is 78.0 Å². The van der Waals surface area contributed by atoms with Crippen molar-refractivity contribution >= 4 is 33.9 Å². The first-order valence-corrected chi connectivity index (χ1v) is 17.1. The highest BCUT2D eigenvalue weighted by molar-refractivity contribution is 7.87. The molecule has 0 radical (unpaired) electrons. The summed E-state index contributed by atoms with van der Waals surface area (Å²) in [4.78, 5) is 47.2. The van der Waals surface area contributed by atoms with Gasteiger partial charge in [0.1, 0.15) is 6.04 Å². The van der Waals surface area contributed by atoms with Crippen molar-refractivity contribution in [3.8, 4) is 0 Å². The highest BCUT2D eigenvalue weighted by Crippen LogP contribution is 2.27. The van der Waals surface area contributed by atoms with Crippen molar-refractivity contribution < 1.29 is 27.5 Å². The lowest BCUT2D eigenvalue weighted by atomic mass is 9.98. The van der Waals surface area contributed by atoms with E-state index in [1.54, 1.807) is 9.80 Å². The third-order valence-corrected chi connectivity index (χ3v) is 10.3. The van der Waals surface area contributed by atoms with Gasteiger partial charge in [-0.15, -0.1) is 0 Å². The van der Waals surface area contributed by atoms with Crippen LogP contribution in [0.15, 0.2) is 0 Å². The molecule has 4 rings (SSSR count). The van der Waals surface area contributed by atoms with Crippen molar-refractivity contribution in [2.24, 2.45) is 11.7 Å². The minimum Gasteiger partial charge on any atom is -0.379 e. The zero-order chi connectivity index (χ0) is 31.7. The predicted molar refractivity (Wildman–Crippen MR) is 164 cm³/mol. The van der Waals surface area contributed by atoms with Crippen LogP contribution in [0.4, 0.5) is 0 Å². The van der Waals surface area contributed by atoms with E-state index in [1.165, 1.54) is 4.31 Å². The molecule has 2 atom stereocenters. The normalized spacial score (nSPS) is 23.1. The van der Waals surface area contributed by atoms with Crippen LogP contribution in [0.5, 0.6) is 0 Å². The van der Waals surface area contributed by atoms with Gasteiger partial charge < -0.3 is 35.8 Å². The predicted octanol–water partition coefficient (Wildman–Crippen LogP) is -3.01. The van der Waals surface area contributed by atoms with E-state index in [9.17, 15) is 22.8 Å². The Morgan fingerprint density at radius 2 is 1.70 bits per heavy atom. The van der Waals surface area contributed by atoms with Crippen LogP contribution in [-0.2, 0) is 29.3 Å². The van der Waals surface area contributed by atoms with E-state index in [2.05, 4.69) is 32.2 Å². The molecule has 3 aliphatic heterocycles. The van der Waals surface area contributed by atoms with Crippen LogP contribution in [0.1, 0.15) is 32.1 Å². The summed E-state index contributed by atoms with van der Waals surface area (Å²) in [6.07, 6.45) is 2.92. The van der Waals surface area contributed by atoms with Crippen molar-refractivity contribution in [2.45, 2.75) is 44.2 Å². The average Bonchev–Trinajstić information content (AvgIpc) is 3.85. The first-order valence-electron chi connectivity index (χ1n) is 15.7. The Balaban J connectivity index is 1.35.